The summed E-state index contributed by atoms with van der Waals surface area (Å²) in [4.78, 5) is 64.1. The minimum Gasteiger partial charge on any atom is -0.481 e. The van der Waals surface area contributed by atoms with E-state index in [1.54, 1.807) is 13.0 Å². The number of halogens is 3. The van der Waals surface area contributed by atoms with Crippen molar-refractivity contribution in [3.8, 4) is 11.4 Å². The first-order valence-electron chi connectivity index (χ1n) is 14.1. The lowest BCUT2D eigenvalue weighted by Crippen LogP contribution is -2.56. The molecule has 0 spiro atoms. The second kappa shape index (κ2) is 15.7. The highest BCUT2D eigenvalue weighted by Gasteiger charge is 2.44. The van der Waals surface area contributed by atoms with Crippen molar-refractivity contribution >= 4 is 39.8 Å². The number of aromatic nitrogens is 2. The van der Waals surface area contributed by atoms with Crippen LogP contribution in [0.1, 0.15) is 36.7 Å². The molecule has 2 fully saturated rings. The number of rotatable bonds is 9. The van der Waals surface area contributed by atoms with Crippen LogP contribution in [0.5, 0.6) is 0 Å². The van der Waals surface area contributed by atoms with Gasteiger partial charge in [-0.3, -0.25) is 18.9 Å². The molecule has 0 aliphatic carbocycles. The smallest absolute Gasteiger partial charge is 0.481 e. The second-order valence-corrected chi connectivity index (χ2v) is 11.4. The summed E-state index contributed by atoms with van der Waals surface area (Å²) in [5.74, 6) is -1.04. The number of hydrogen-bond donors (Lipinski definition) is 3. The van der Waals surface area contributed by atoms with E-state index in [0.29, 0.717) is 11.6 Å². The molecule has 1 unspecified atom stereocenters. The predicted octanol–water partition coefficient (Wildman–Crippen LogP) is 2.01. The molecule has 2 aromatic rings. The second-order valence-electron chi connectivity index (χ2n) is 10.0. The first kappa shape index (κ1) is 36.0. The summed E-state index contributed by atoms with van der Waals surface area (Å²) in [6.45, 7) is 4.71. The van der Waals surface area contributed by atoms with Crippen LogP contribution in [-0.4, -0.2) is 119 Å². The number of nitrogens with one attached hydrogen (secondary N) is 1. The summed E-state index contributed by atoms with van der Waals surface area (Å²) in [6, 6.07) is 9.83. The topological polar surface area (TPSA) is 200 Å². The molecule has 3 heterocycles. The minimum atomic E-state index is -5.84. The van der Waals surface area contributed by atoms with Gasteiger partial charge in [-0.25, -0.2) is 14.8 Å². The minimum absolute atomic E-state index is 0.0758. The average Bonchev–Trinajstić information content (AvgIpc) is 2.97. The summed E-state index contributed by atoms with van der Waals surface area (Å²) in [5, 5.41) is 11.9. The van der Waals surface area contributed by atoms with E-state index in [2.05, 4.69) is 15.3 Å². The highest BCUT2D eigenvalue weighted by molar-refractivity contribution is 7.86. The number of carboxylic acids is 1. The van der Waals surface area contributed by atoms with E-state index < -0.39 is 45.5 Å². The maximum atomic E-state index is 13.4. The molecule has 2 saturated heterocycles. The van der Waals surface area contributed by atoms with E-state index in [1.807, 2.05) is 35.2 Å². The number of piperazine rings is 1. The molecule has 0 radical (unpaired) electrons. The molecule has 1 atom stereocenters. The number of ether oxygens (including phenoxy) is 1. The van der Waals surface area contributed by atoms with Gasteiger partial charge in [0, 0.05) is 57.3 Å². The summed E-state index contributed by atoms with van der Waals surface area (Å²) in [7, 11) is -5.84. The van der Waals surface area contributed by atoms with Crippen LogP contribution >= 0.6 is 0 Å². The van der Waals surface area contributed by atoms with Crippen molar-refractivity contribution in [1.82, 2.24) is 25.1 Å². The molecular formula is C27H33F3N6O9S. The normalized spacial score (nSPS) is 15.5. The van der Waals surface area contributed by atoms with Crippen molar-refractivity contribution in [1.29, 1.82) is 0 Å². The molecule has 1 aromatic carbocycles. The van der Waals surface area contributed by atoms with E-state index >= 15 is 0 Å². The molecule has 2 aliphatic rings. The van der Waals surface area contributed by atoms with E-state index in [9.17, 15) is 37.5 Å². The van der Waals surface area contributed by atoms with Crippen molar-refractivity contribution in [2.75, 3.05) is 50.8 Å². The van der Waals surface area contributed by atoms with Crippen molar-refractivity contribution in [3.63, 3.8) is 0 Å². The lowest BCUT2D eigenvalue weighted by molar-refractivity contribution is -0.138. The SMILES string of the molecule is CCOC(=O)N1CCN(C(=O)C(CCC(=O)O)NC(=O)c2cc(N3CCC3)nc(-c3ccccc3)n2)CC1.O=S(=O)(O)C(F)(F)F. The van der Waals surface area contributed by atoms with Gasteiger partial charge in [0.2, 0.25) is 5.91 Å². The van der Waals surface area contributed by atoms with Crippen LogP contribution in [0.3, 0.4) is 0 Å². The number of alkyl halides is 3. The predicted molar refractivity (Wildman–Crippen MR) is 155 cm³/mol. The fourth-order valence-electron chi connectivity index (χ4n) is 4.28. The fourth-order valence-corrected chi connectivity index (χ4v) is 4.28. The van der Waals surface area contributed by atoms with Gasteiger partial charge in [0.1, 0.15) is 17.6 Å². The van der Waals surface area contributed by atoms with Gasteiger partial charge in [-0.1, -0.05) is 30.3 Å². The van der Waals surface area contributed by atoms with Crippen LogP contribution in [0.4, 0.5) is 23.8 Å². The number of benzene rings is 1. The monoisotopic (exact) mass is 674 g/mol. The number of amides is 3. The first-order valence-corrected chi connectivity index (χ1v) is 15.5. The van der Waals surface area contributed by atoms with Crippen LogP contribution < -0.4 is 10.2 Å². The molecule has 3 amide bonds. The standard InChI is InChI=1S/C26H32N6O6.CHF3O3S/c1-2-38-26(37)32-15-13-31(14-16-32)25(36)19(9-10-22(33)34)28-24(35)20-17-21(30-11-6-12-30)29-23(27-20)18-7-4-3-5-8-18;2-1(3,4)8(5,6)7/h3-5,7-8,17,19H,2,6,9-16H2,1H3,(H,28,35)(H,33,34);(H,5,6,7). The average molecular weight is 675 g/mol. The maximum Gasteiger partial charge on any atom is 0.522 e. The molecular weight excluding hydrogens is 641 g/mol. The van der Waals surface area contributed by atoms with Crippen LogP contribution in [0.15, 0.2) is 36.4 Å². The van der Waals surface area contributed by atoms with Gasteiger partial charge in [0.15, 0.2) is 5.82 Å². The number of nitrogens with zero attached hydrogens (tertiary/aromatic N) is 5. The van der Waals surface area contributed by atoms with Crippen LogP contribution in [0.2, 0.25) is 0 Å². The molecule has 1 aromatic heterocycles. The van der Waals surface area contributed by atoms with Gasteiger partial charge in [0.05, 0.1) is 6.61 Å². The largest absolute Gasteiger partial charge is 0.522 e. The first-order chi connectivity index (χ1) is 21.6. The van der Waals surface area contributed by atoms with Crippen LogP contribution in [-0.2, 0) is 24.4 Å². The van der Waals surface area contributed by atoms with Crippen molar-refractivity contribution in [2.24, 2.45) is 0 Å². The molecule has 252 valence electrons. The van der Waals surface area contributed by atoms with Gasteiger partial charge in [-0.2, -0.15) is 21.6 Å². The molecule has 46 heavy (non-hydrogen) atoms. The van der Waals surface area contributed by atoms with Crippen molar-refractivity contribution in [3.05, 3.63) is 42.1 Å². The molecule has 2 aliphatic heterocycles. The quantitative estimate of drug-likeness (QED) is 0.259. The third kappa shape index (κ3) is 9.99. The van der Waals surface area contributed by atoms with Gasteiger partial charge < -0.3 is 29.9 Å². The number of aliphatic carboxylic acids is 1. The Bertz CT molecular complexity index is 1500. The number of anilines is 1. The van der Waals surface area contributed by atoms with Gasteiger partial charge in [-0.15, -0.1) is 0 Å². The third-order valence-electron chi connectivity index (χ3n) is 6.82. The third-order valence-corrected chi connectivity index (χ3v) is 7.40. The summed E-state index contributed by atoms with van der Waals surface area (Å²) in [6.07, 6.45) is 0.221. The van der Waals surface area contributed by atoms with Crippen molar-refractivity contribution < 1.29 is 55.2 Å². The Hall–Kier alpha value is -4.52. The van der Waals surface area contributed by atoms with Crippen LogP contribution in [0, 0.1) is 0 Å². The van der Waals surface area contributed by atoms with E-state index in [0.717, 1.165) is 25.1 Å². The molecule has 15 nitrogen and oxygen atoms in total. The number of carbonyl (C=O) groups is 4. The Kier molecular flexibility index (Phi) is 12.2. The van der Waals surface area contributed by atoms with E-state index in [-0.39, 0.29) is 51.3 Å². The summed E-state index contributed by atoms with van der Waals surface area (Å²) in [5.41, 5.74) is -4.68. The van der Waals surface area contributed by atoms with E-state index in [1.165, 1.54) is 9.80 Å². The lowest BCUT2D eigenvalue weighted by Gasteiger charge is -2.36. The Morgan fingerprint density at radius 1 is 1.00 bits per heavy atom. The highest BCUT2D eigenvalue weighted by Crippen LogP contribution is 2.24. The van der Waals surface area contributed by atoms with E-state index in [4.69, 9.17) is 17.7 Å². The highest BCUT2D eigenvalue weighted by atomic mass is 32.2. The zero-order valence-corrected chi connectivity index (χ0v) is 25.5. The molecule has 19 heteroatoms. The molecule has 0 saturated carbocycles. The Morgan fingerprint density at radius 3 is 2.09 bits per heavy atom. The Morgan fingerprint density at radius 2 is 1.59 bits per heavy atom. The summed E-state index contributed by atoms with van der Waals surface area (Å²) >= 11 is 0. The number of hydrogen-bond acceptors (Lipinski definition) is 10. The lowest BCUT2D eigenvalue weighted by atomic mass is 10.1. The Balaban J connectivity index is 0.000000637. The number of carbonyl (C=O) groups excluding carboxylic acids is 3. The Labute approximate surface area is 262 Å². The maximum absolute atomic E-state index is 13.4. The zero-order valence-electron chi connectivity index (χ0n) is 24.6. The van der Waals surface area contributed by atoms with Crippen LogP contribution in [0.25, 0.3) is 11.4 Å². The van der Waals surface area contributed by atoms with Gasteiger partial charge >= 0.3 is 27.7 Å². The van der Waals surface area contributed by atoms with Crippen molar-refractivity contribution in [2.45, 2.75) is 37.7 Å². The molecule has 4 rings (SSSR count). The summed E-state index contributed by atoms with van der Waals surface area (Å²) < 4.78 is 62.6. The molecule has 0 bridgehead atoms. The van der Waals surface area contributed by atoms with Gasteiger partial charge in [-0.05, 0) is 19.8 Å². The number of carboxylic acid groups (broad SMARTS) is 1. The fraction of sp³-hybridized carbons (Fsp3) is 0.481. The van der Waals surface area contributed by atoms with Gasteiger partial charge in [0.25, 0.3) is 5.91 Å². The zero-order chi connectivity index (χ0) is 34.1. The molecule has 3 N–H and O–H groups in total.